The standard InChI is InChI=1S/C26H35NO2/c1-18-7-12-23(13-19(18)2)29-17-20-8-10-22(11-9-20)24(28)14-21-15-25(3,4)27-26(5,6)16-21/h7-13,21,27H,14-17H2,1-6H3. The lowest BCUT2D eigenvalue weighted by atomic mass is 9.74. The Bertz CT molecular complexity index is 849. The number of piperidine rings is 1. The summed E-state index contributed by atoms with van der Waals surface area (Å²) in [5.41, 5.74) is 4.51. The van der Waals surface area contributed by atoms with Gasteiger partial charge in [-0.1, -0.05) is 30.3 Å². The number of benzene rings is 2. The van der Waals surface area contributed by atoms with Gasteiger partial charge in [-0.2, -0.15) is 0 Å². The van der Waals surface area contributed by atoms with E-state index in [9.17, 15) is 4.79 Å². The number of nitrogens with one attached hydrogen (secondary N) is 1. The summed E-state index contributed by atoms with van der Waals surface area (Å²) in [6.07, 6.45) is 2.68. The zero-order chi connectivity index (χ0) is 21.2. The molecule has 2 aromatic carbocycles. The average molecular weight is 394 g/mol. The third-order valence-electron chi connectivity index (χ3n) is 5.91. The van der Waals surface area contributed by atoms with Crippen molar-refractivity contribution < 1.29 is 9.53 Å². The van der Waals surface area contributed by atoms with Gasteiger partial charge in [0.15, 0.2) is 5.78 Å². The maximum absolute atomic E-state index is 12.8. The van der Waals surface area contributed by atoms with Crippen LogP contribution in [0.5, 0.6) is 5.75 Å². The largest absolute Gasteiger partial charge is 0.489 e. The van der Waals surface area contributed by atoms with Gasteiger partial charge in [0.1, 0.15) is 12.4 Å². The van der Waals surface area contributed by atoms with Crippen molar-refractivity contribution in [1.29, 1.82) is 0 Å². The Morgan fingerprint density at radius 3 is 2.17 bits per heavy atom. The minimum absolute atomic E-state index is 0.0717. The second kappa shape index (κ2) is 8.31. The molecule has 0 spiro atoms. The van der Waals surface area contributed by atoms with Crippen molar-refractivity contribution in [3.05, 3.63) is 64.7 Å². The van der Waals surface area contributed by atoms with Crippen molar-refractivity contribution in [3.8, 4) is 5.75 Å². The normalized spacial score (nSPS) is 18.4. The van der Waals surface area contributed by atoms with Crippen LogP contribution < -0.4 is 10.1 Å². The van der Waals surface area contributed by atoms with Crippen LogP contribution >= 0.6 is 0 Å². The van der Waals surface area contributed by atoms with Crippen LogP contribution in [0.1, 0.15) is 74.0 Å². The molecule has 1 saturated heterocycles. The van der Waals surface area contributed by atoms with Crippen LogP contribution in [0.15, 0.2) is 42.5 Å². The summed E-state index contributed by atoms with van der Waals surface area (Å²) in [5.74, 6) is 1.54. The first-order chi connectivity index (χ1) is 13.5. The number of aryl methyl sites for hydroxylation is 2. The number of ether oxygens (including phenoxy) is 1. The van der Waals surface area contributed by atoms with Gasteiger partial charge in [0.2, 0.25) is 0 Å². The number of hydrogen-bond acceptors (Lipinski definition) is 3. The molecule has 3 nitrogen and oxygen atoms in total. The molecule has 2 aromatic rings. The minimum atomic E-state index is 0.0717. The molecule has 0 radical (unpaired) electrons. The van der Waals surface area contributed by atoms with Crippen LogP contribution in [0.2, 0.25) is 0 Å². The predicted molar refractivity (Wildman–Crippen MR) is 120 cm³/mol. The fraction of sp³-hybridized carbons (Fsp3) is 0.500. The van der Waals surface area contributed by atoms with Gasteiger partial charge in [-0.15, -0.1) is 0 Å². The number of carbonyl (C=O) groups is 1. The summed E-state index contributed by atoms with van der Waals surface area (Å²) in [4.78, 5) is 12.8. The number of hydrogen-bond donors (Lipinski definition) is 1. The Hall–Kier alpha value is -2.13. The lowest BCUT2D eigenvalue weighted by Gasteiger charge is -2.46. The molecular formula is C26H35NO2. The third kappa shape index (κ3) is 5.93. The summed E-state index contributed by atoms with van der Waals surface area (Å²) in [5, 5.41) is 3.69. The monoisotopic (exact) mass is 393 g/mol. The molecule has 1 heterocycles. The zero-order valence-electron chi connectivity index (χ0n) is 18.8. The van der Waals surface area contributed by atoms with Gasteiger partial charge in [0.05, 0.1) is 0 Å². The Morgan fingerprint density at radius 1 is 0.966 bits per heavy atom. The Balaban J connectivity index is 1.58. The zero-order valence-corrected chi connectivity index (χ0v) is 18.8. The van der Waals surface area contributed by atoms with Crippen molar-refractivity contribution in [3.63, 3.8) is 0 Å². The van der Waals surface area contributed by atoms with Crippen molar-refractivity contribution in [2.45, 2.75) is 78.5 Å². The van der Waals surface area contributed by atoms with Gasteiger partial charge in [-0.25, -0.2) is 0 Å². The smallest absolute Gasteiger partial charge is 0.163 e. The summed E-state index contributed by atoms with van der Waals surface area (Å²) in [6, 6.07) is 14.0. The van der Waals surface area contributed by atoms with Crippen molar-refractivity contribution in [2.75, 3.05) is 0 Å². The van der Waals surface area contributed by atoms with Crippen LogP contribution in [-0.2, 0) is 6.61 Å². The van der Waals surface area contributed by atoms with E-state index in [4.69, 9.17) is 4.74 Å². The second-order valence-corrected chi connectivity index (χ2v) is 10.0. The molecule has 0 unspecified atom stereocenters. The van der Waals surface area contributed by atoms with E-state index in [1.165, 1.54) is 11.1 Å². The second-order valence-electron chi connectivity index (χ2n) is 10.0. The third-order valence-corrected chi connectivity index (χ3v) is 5.91. The molecular weight excluding hydrogens is 358 g/mol. The van der Waals surface area contributed by atoms with Gasteiger partial charge in [-0.05, 0) is 89.1 Å². The lowest BCUT2D eigenvalue weighted by Crippen LogP contribution is -2.57. The maximum Gasteiger partial charge on any atom is 0.163 e. The van der Waals surface area contributed by atoms with Gasteiger partial charge in [-0.3, -0.25) is 4.79 Å². The maximum atomic E-state index is 12.8. The van der Waals surface area contributed by atoms with Crippen LogP contribution in [-0.4, -0.2) is 16.9 Å². The van der Waals surface area contributed by atoms with Gasteiger partial charge >= 0.3 is 0 Å². The molecule has 1 fully saturated rings. The first kappa shape index (κ1) is 21.6. The highest BCUT2D eigenvalue weighted by Gasteiger charge is 2.38. The number of ketones is 1. The molecule has 0 aromatic heterocycles. The van der Waals surface area contributed by atoms with Gasteiger partial charge in [0, 0.05) is 23.1 Å². The highest BCUT2D eigenvalue weighted by atomic mass is 16.5. The predicted octanol–water partition coefficient (Wildman–Crippen LogP) is 6.01. The molecule has 0 amide bonds. The summed E-state index contributed by atoms with van der Waals surface area (Å²) < 4.78 is 5.90. The SMILES string of the molecule is Cc1ccc(OCc2ccc(C(=O)CC3CC(C)(C)NC(C)(C)C3)cc2)cc1C. The van der Waals surface area contributed by atoms with E-state index < -0.39 is 0 Å². The van der Waals surface area contributed by atoms with E-state index >= 15 is 0 Å². The average Bonchev–Trinajstić information content (AvgIpc) is 2.60. The van der Waals surface area contributed by atoms with Crippen molar-refractivity contribution in [2.24, 2.45) is 5.92 Å². The van der Waals surface area contributed by atoms with Crippen LogP contribution in [0.25, 0.3) is 0 Å². The van der Waals surface area contributed by atoms with Crippen molar-refractivity contribution in [1.82, 2.24) is 5.32 Å². The van der Waals surface area contributed by atoms with Crippen molar-refractivity contribution >= 4 is 5.78 Å². The lowest BCUT2D eigenvalue weighted by molar-refractivity contribution is 0.0864. The quantitative estimate of drug-likeness (QED) is 0.611. The summed E-state index contributed by atoms with van der Waals surface area (Å²) in [6.45, 7) is 13.6. The fourth-order valence-electron chi connectivity index (χ4n) is 4.82. The molecule has 0 atom stereocenters. The number of carbonyl (C=O) groups excluding carboxylic acids is 1. The molecule has 29 heavy (non-hydrogen) atoms. The summed E-state index contributed by atoms with van der Waals surface area (Å²) in [7, 11) is 0. The molecule has 1 N–H and O–H groups in total. The van der Waals surface area contributed by atoms with E-state index in [0.29, 0.717) is 18.9 Å². The topological polar surface area (TPSA) is 38.3 Å². The highest BCUT2D eigenvalue weighted by Crippen LogP contribution is 2.35. The van der Waals surface area contributed by atoms with E-state index in [1.807, 2.05) is 30.3 Å². The molecule has 156 valence electrons. The fourth-order valence-corrected chi connectivity index (χ4v) is 4.82. The van der Waals surface area contributed by atoms with Crippen LogP contribution in [0.3, 0.4) is 0 Å². The van der Waals surface area contributed by atoms with E-state index in [-0.39, 0.29) is 16.9 Å². The van der Waals surface area contributed by atoms with Gasteiger partial charge < -0.3 is 10.1 Å². The molecule has 0 saturated carbocycles. The molecule has 1 aliphatic rings. The highest BCUT2D eigenvalue weighted by molar-refractivity contribution is 5.96. The Morgan fingerprint density at radius 2 is 1.59 bits per heavy atom. The molecule has 3 heteroatoms. The van der Waals surface area contributed by atoms with E-state index in [0.717, 1.165) is 29.7 Å². The molecule has 3 rings (SSSR count). The summed E-state index contributed by atoms with van der Waals surface area (Å²) >= 11 is 0. The van der Waals surface area contributed by atoms with Crippen LogP contribution in [0, 0.1) is 19.8 Å². The Kier molecular flexibility index (Phi) is 6.19. The minimum Gasteiger partial charge on any atom is -0.489 e. The molecule has 0 aliphatic carbocycles. The van der Waals surface area contributed by atoms with Gasteiger partial charge in [0.25, 0.3) is 0 Å². The van der Waals surface area contributed by atoms with E-state index in [1.54, 1.807) is 0 Å². The number of rotatable bonds is 6. The van der Waals surface area contributed by atoms with Crippen LogP contribution in [0.4, 0.5) is 0 Å². The molecule has 0 bridgehead atoms. The first-order valence-corrected chi connectivity index (χ1v) is 10.6. The number of Topliss-reactive ketones (excluding diaryl/α,β-unsaturated/α-hetero) is 1. The molecule has 1 aliphatic heterocycles. The Labute approximate surface area is 175 Å². The first-order valence-electron chi connectivity index (χ1n) is 10.6. The van der Waals surface area contributed by atoms with E-state index in [2.05, 4.69) is 59.0 Å².